The summed E-state index contributed by atoms with van der Waals surface area (Å²) in [6.45, 7) is 1.78. The third-order valence-corrected chi connectivity index (χ3v) is 3.87. The molecule has 3 aromatic rings. The van der Waals surface area contributed by atoms with Crippen LogP contribution in [0.2, 0.25) is 10.0 Å². The molecule has 0 unspecified atom stereocenters. The lowest BCUT2D eigenvalue weighted by Gasteiger charge is -2.06. The first kappa shape index (κ1) is 14.9. The Morgan fingerprint density at radius 3 is 2.77 bits per heavy atom. The van der Waals surface area contributed by atoms with Crippen molar-refractivity contribution >= 4 is 45.9 Å². The van der Waals surface area contributed by atoms with Gasteiger partial charge in [0, 0.05) is 12.6 Å². The molecular formula is C16H12Cl2N2O2. The van der Waals surface area contributed by atoms with E-state index >= 15 is 0 Å². The number of hydrogen-bond acceptors (Lipinski definition) is 3. The molecule has 22 heavy (non-hydrogen) atoms. The van der Waals surface area contributed by atoms with E-state index in [1.165, 1.54) is 0 Å². The minimum absolute atomic E-state index is 0.141. The topological polar surface area (TPSA) is 55.1 Å². The maximum atomic E-state index is 12.1. The molecule has 6 heteroatoms. The van der Waals surface area contributed by atoms with Gasteiger partial charge < -0.3 is 9.73 Å². The molecule has 0 fully saturated rings. The summed E-state index contributed by atoms with van der Waals surface area (Å²) in [5.74, 6) is 0.451. The fourth-order valence-corrected chi connectivity index (χ4v) is 2.48. The van der Waals surface area contributed by atoms with Crippen LogP contribution in [0.4, 0.5) is 5.69 Å². The van der Waals surface area contributed by atoms with Crippen LogP contribution in [0.15, 0.2) is 40.8 Å². The number of nitrogens with one attached hydrogen (secondary N) is 1. The van der Waals surface area contributed by atoms with Crippen molar-refractivity contribution < 1.29 is 9.21 Å². The predicted octanol–water partition coefficient (Wildman–Crippen LogP) is 4.62. The quantitative estimate of drug-likeness (QED) is 0.760. The van der Waals surface area contributed by atoms with Gasteiger partial charge in [-0.15, -0.1) is 0 Å². The Bertz CT molecular complexity index is 858. The highest BCUT2D eigenvalue weighted by molar-refractivity contribution is 6.42. The smallest absolute Gasteiger partial charge is 0.228 e. The van der Waals surface area contributed by atoms with E-state index in [4.69, 9.17) is 27.6 Å². The summed E-state index contributed by atoms with van der Waals surface area (Å²) in [6, 6.07) is 10.5. The van der Waals surface area contributed by atoms with Crippen molar-refractivity contribution in [1.82, 2.24) is 4.98 Å². The summed E-state index contributed by atoms with van der Waals surface area (Å²) >= 11 is 11.8. The zero-order valence-electron chi connectivity index (χ0n) is 11.7. The largest absolute Gasteiger partial charge is 0.441 e. The third kappa shape index (κ3) is 3.24. The van der Waals surface area contributed by atoms with Crippen molar-refractivity contribution in [3.8, 4) is 0 Å². The molecule has 1 amide bonds. The van der Waals surface area contributed by atoms with Crippen molar-refractivity contribution in [3.63, 3.8) is 0 Å². The van der Waals surface area contributed by atoms with Crippen molar-refractivity contribution in [2.45, 2.75) is 13.3 Å². The summed E-state index contributed by atoms with van der Waals surface area (Å²) in [7, 11) is 0. The van der Waals surface area contributed by atoms with Crippen molar-refractivity contribution in [2.24, 2.45) is 0 Å². The van der Waals surface area contributed by atoms with Crippen LogP contribution in [0, 0.1) is 6.92 Å². The number of nitrogens with zero attached hydrogens (tertiary/aromatic N) is 1. The van der Waals surface area contributed by atoms with E-state index in [0.717, 1.165) is 5.56 Å². The maximum Gasteiger partial charge on any atom is 0.228 e. The molecule has 112 valence electrons. The zero-order valence-corrected chi connectivity index (χ0v) is 13.2. The first-order valence-electron chi connectivity index (χ1n) is 6.62. The number of benzene rings is 2. The van der Waals surface area contributed by atoms with Crippen molar-refractivity contribution in [2.75, 3.05) is 5.32 Å². The van der Waals surface area contributed by atoms with E-state index < -0.39 is 0 Å². The monoisotopic (exact) mass is 334 g/mol. The second-order valence-electron chi connectivity index (χ2n) is 4.89. The van der Waals surface area contributed by atoms with Gasteiger partial charge in [-0.1, -0.05) is 29.3 Å². The summed E-state index contributed by atoms with van der Waals surface area (Å²) in [5, 5.41) is 3.74. The molecule has 0 saturated heterocycles. The summed E-state index contributed by atoms with van der Waals surface area (Å²) in [6.07, 6.45) is 0.215. The fraction of sp³-hybridized carbons (Fsp3) is 0.125. The fourth-order valence-electron chi connectivity index (χ4n) is 2.16. The Morgan fingerprint density at radius 2 is 2.00 bits per heavy atom. The second-order valence-corrected chi connectivity index (χ2v) is 5.70. The first-order chi connectivity index (χ1) is 10.5. The lowest BCUT2D eigenvalue weighted by molar-refractivity contribution is -0.115. The number of oxazole rings is 1. The lowest BCUT2D eigenvalue weighted by Crippen LogP contribution is -2.14. The number of carbonyl (C=O) groups excluding carboxylic acids is 1. The molecule has 0 aliphatic carbocycles. The standard InChI is InChI=1S/C16H12Cl2N2O2/c1-9-19-14-8-11(3-5-15(14)22-9)20-16(21)7-10-2-4-12(17)13(18)6-10/h2-6,8H,7H2,1H3,(H,20,21). The summed E-state index contributed by atoms with van der Waals surface area (Å²) < 4.78 is 5.40. The highest BCUT2D eigenvalue weighted by Gasteiger charge is 2.08. The molecule has 0 atom stereocenters. The number of halogens is 2. The summed E-state index contributed by atoms with van der Waals surface area (Å²) in [4.78, 5) is 16.3. The van der Waals surface area contributed by atoms with Gasteiger partial charge in [-0.3, -0.25) is 4.79 Å². The number of amides is 1. The Balaban J connectivity index is 1.73. The van der Waals surface area contributed by atoms with Crippen LogP contribution >= 0.6 is 23.2 Å². The number of aromatic nitrogens is 1. The molecule has 1 aromatic heterocycles. The number of rotatable bonds is 3. The normalized spacial score (nSPS) is 10.9. The van der Waals surface area contributed by atoms with Crippen LogP contribution in [0.3, 0.4) is 0 Å². The van der Waals surface area contributed by atoms with E-state index in [2.05, 4.69) is 10.3 Å². The van der Waals surface area contributed by atoms with Gasteiger partial charge in [0.05, 0.1) is 16.5 Å². The highest BCUT2D eigenvalue weighted by Crippen LogP contribution is 2.23. The number of aryl methyl sites for hydroxylation is 1. The molecule has 4 nitrogen and oxygen atoms in total. The van der Waals surface area contributed by atoms with Crippen LogP contribution in [0.5, 0.6) is 0 Å². The number of carbonyl (C=O) groups is 1. The van der Waals surface area contributed by atoms with Gasteiger partial charge in [0.15, 0.2) is 11.5 Å². The zero-order chi connectivity index (χ0) is 15.7. The molecule has 0 saturated carbocycles. The van der Waals surface area contributed by atoms with Crippen LogP contribution in [0.25, 0.3) is 11.1 Å². The predicted molar refractivity (Wildman–Crippen MR) is 87.5 cm³/mol. The van der Waals surface area contributed by atoms with E-state index in [0.29, 0.717) is 32.7 Å². The molecule has 1 N–H and O–H groups in total. The molecule has 0 radical (unpaired) electrons. The average Bonchev–Trinajstić information content (AvgIpc) is 2.82. The van der Waals surface area contributed by atoms with Crippen LogP contribution in [-0.2, 0) is 11.2 Å². The van der Waals surface area contributed by atoms with Gasteiger partial charge in [0.25, 0.3) is 0 Å². The van der Waals surface area contributed by atoms with Crippen LogP contribution < -0.4 is 5.32 Å². The Hall–Kier alpha value is -2.04. The number of fused-ring (bicyclic) bond motifs is 1. The average molecular weight is 335 g/mol. The molecular weight excluding hydrogens is 323 g/mol. The van der Waals surface area contributed by atoms with Gasteiger partial charge in [-0.2, -0.15) is 0 Å². The number of anilines is 1. The van der Waals surface area contributed by atoms with Crippen molar-refractivity contribution in [1.29, 1.82) is 0 Å². The SMILES string of the molecule is Cc1nc2cc(NC(=O)Cc3ccc(Cl)c(Cl)c3)ccc2o1. The second kappa shape index (κ2) is 5.99. The third-order valence-electron chi connectivity index (χ3n) is 3.13. The molecule has 0 spiro atoms. The van der Waals surface area contributed by atoms with Gasteiger partial charge in [0.2, 0.25) is 5.91 Å². The van der Waals surface area contributed by atoms with Gasteiger partial charge in [0.1, 0.15) is 5.52 Å². The van der Waals surface area contributed by atoms with Gasteiger partial charge >= 0.3 is 0 Å². The molecule has 3 rings (SSSR count). The van der Waals surface area contributed by atoms with E-state index in [9.17, 15) is 4.79 Å². The van der Waals surface area contributed by atoms with Crippen LogP contribution in [-0.4, -0.2) is 10.9 Å². The minimum atomic E-state index is -0.141. The minimum Gasteiger partial charge on any atom is -0.441 e. The first-order valence-corrected chi connectivity index (χ1v) is 7.38. The van der Waals surface area contributed by atoms with E-state index in [1.807, 2.05) is 0 Å². The van der Waals surface area contributed by atoms with Crippen LogP contribution in [0.1, 0.15) is 11.5 Å². The summed E-state index contributed by atoms with van der Waals surface area (Å²) in [5.41, 5.74) is 2.88. The molecule has 1 heterocycles. The Kier molecular flexibility index (Phi) is 4.05. The van der Waals surface area contributed by atoms with E-state index in [-0.39, 0.29) is 12.3 Å². The molecule has 0 bridgehead atoms. The number of hydrogen-bond donors (Lipinski definition) is 1. The molecule has 0 aliphatic heterocycles. The van der Waals surface area contributed by atoms with Gasteiger partial charge in [-0.25, -0.2) is 4.98 Å². The van der Waals surface area contributed by atoms with E-state index in [1.54, 1.807) is 43.3 Å². The Morgan fingerprint density at radius 1 is 1.18 bits per heavy atom. The molecule has 2 aromatic carbocycles. The highest BCUT2D eigenvalue weighted by atomic mass is 35.5. The molecule has 0 aliphatic rings. The van der Waals surface area contributed by atoms with Gasteiger partial charge in [-0.05, 0) is 35.9 Å². The Labute approximate surface area is 137 Å². The van der Waals surface area contributed by atoms with Crippen molar-refractivity contribution in [3.05, 3.63) is 57.9 Å². The lowest BCUT2D eigenvalue weighted by atomic mass is 10.1. The maximum absolute atomic E-state index is 12.1.